The Kier molecular flexibility index (Phi) is 29.9. The molecule has 298 valence electrons. The van der Waals surface area contributed by atoms with Gasteiger partial charge in [-0.05, 0) is 38.1 Å². The predicted molar refractivity (Wildman–Crippen MR) is 221 cm³/mol. The summed E-state index contributed by atoms with van der Waals surface area (Å²) in [6.45, 7) is 14.7. The monoisotopic (exact) mass is 715 g/mol. The van der Waals surface area contributed by atoms with Gasteiger partial charge in [0.05, 0.1) is 13.2 Å². The van der Waals surface area contributed by atoms with Crippen LogP contribution < -0.4 is 9.47 Å². The predicted octanol–water partition coefficient (Wildman–Crippen LogP) is 13.7. The average molecular weight is 715 g/mol. The zero-order valence-electron chi connectivity index (χ0n) is 34.6. The molecular weight excluding hydrogens is 629 g/mol. The number of para-hydroxylation sites is 2. The molecule has 0 saturated carbocycles. The minimum Gasteiger partial charge on any atom is -0.471 e. The lowest BCUT2D eigenvalue weighted by Crippen LogP contribution is -2.41. The molecule has 2 atom stereocenters. The number of benzene rings is 1. The number of hydrogen-bond donors (Lipinski definition) is 0. The Morgan fingerprint density at radius 1 is 0.431 bits per heavy atom. The van der Waals surface area contributed by atoms with Crippen LogP contribution in [0.15, 0.2) is 24.3 Å². The third kappa shape index (κ3) is 23.2. The van der Waals surface area contributed by atoms with E-state index in [9.17, 15) is 0 Å². The van der Waals surface area contributed by atoms with Gasteiger partial charge >= 0.3 is 0 Å². The van der Waals surface area contributed by atoms with Crippen LogP contribution in [0.3, 0.4) is 0 Å². The molecule has 2 unspecified atom stereocenters. The zero-order valence-corrected chi connectivity index (χ0v) is 34.6. The minimum atomic E-state index is 0.00157. The first kappa shape index (κ1) is 45.9. The summed E-state index contributed by atoms with van der Waals surface area (Å²) in [5.74, 6) is 1.74. The van der Waals surface area contributed by atoms with Crippen molar-refractivity contribution in [3.05, 3.63) is 24.3 Å². The molecule has 51 heavy (non-hydrogen) atoms. The standard InChI is InChI=1S/C46H86N2O3/c1-5-9-11-13-15-17-19-21-23-25-27-29-33-39-47(7-3)45-37-41-49-42-38-46(51-44-36-32-31-35-43(44)50-45)48(8-4)40-34-30-28-26-24-22-20-18-16-14-12-10-6-2/h31-32,35-36,45-46H,5-30,33-34,37-42H2,1-4H3. The van der Waals surface area contributed by atoms with Gasteiger partial charge in [-0.25, -0.2) is 0 Å². The van der Waals surface area contributed by atoms with E-state index in [0.29, 0.717) is 0 Å². The Labute approximate surface area is 318 Å². The molecule has 0 aliphatic carbocycles. The van der Waals surface area contributed by atoms with Gasteiger partial charge in [0.1, 0.15) is 0 Å². The highest BCUT2D eigenvalue weighted by Crippen LogP contribution is 2.31. The summed E-state index contributed by atoms with van der Waals surface area (Å²) in [6, 6.07) is 8.36. The number of ether oxygens (including phenoxy) is 3. The van der Waals surface area contributed by atoms with Crippen LogP contribution in [0.25, 0.3) is 0 Å². The molecule has 5 nitrogen and oxygen atoms in total. The molecule has 0 N–H and O–H groups in total. The van der Waals surface area contributed by atoms with Crippen LogP contribution in [-0.2, 0) is 4.74 Å². The fourth-order valence-electron chi connectivity index (χ4n) is 7.72. The van der Waals surface area contributed by atoms with E-state index in [2.05, 4.69) is 61.8 Å². The maximum absolute atomic E-state index is 6.79. The van der Waals surface area contributed by atoms with Crippen molar-refractivity contribution < 1.29 is 14.2 Å². The van der Waals surface area contributed by atoms with E-state index in [0.717, 1.165) is 63.7 Å². The zero-order chi connectivity index (χ0) is 36.5. The van der Waals surface area contributed by atoms with Crippen molar-refractivity contribution >= 4 is 0 Å². The molecule has 1 aromatic rings. The molecule has 0 aromatic heterocycles. The Morgan fingerprint density at radius 2 is 0.725 bits per heavy atom. The Balaban J connectivity index is 1.73. The molecule has 1 aromatic carbocycles. The van der Waals surface area contributed by atoms with Crippen LogP contribution in [-0.4, -0.2) is 61.6 Å². The van der Waals surface area contributed by atoms with Gasteiger partial charge in [0.25, 0.3) is 0 Å². The lowest BCUT2D eigenvalue weighted by Gasteiger charge is -2.33. The third-order valence-corrected chi connectivity index (χ3v) is 11.1. The second kappa shape index (κ2) is 33.3. The Bertz CT molecular complexity index is 813. The second-order valence-electron chi connectivity index (χ2n) is 15.5. The van der Waals surface area contributed by atoms with E-state index in [1.807, 2.05) is 0 Å². The minimum absolute atomic E-state index is 0.00157. The van der Waals surface area contributed by atoms with Crippen molar-refractivity contribution in [2.24, 2.45) is 0 Å². The van der Waals surface area contributed by atoms with Crippen molar-refractivity contribution in [2.75, 3.05) is 39.4 Å². The van der Waals surface area contributed by atoms with Crippen molar-refractivity contribution in [2.45, 2.75) is 220 Å². The summed E-state index contributed by atoms with van der Waals surface area (Å²) >= 11 is 0. The van der Waals surface area contributed by atoms with Gasteiger partial charge in [-0.15, -0.1) is 0 Å². The lowest BCUT2D eigenvalue weighted by molar-refractivity contribution is -0.00846. The van der Waals surface area contributed by atoms with Crippen LogP contribution >= 0.6 is 0 Å². The number of nitrogens with zero attached hydrogens (tertiary/aromatic N) is 2. The first-order valence-corrected chi connectivity index (χ1v) is 22.7. The number of hydrogen-bond acceptors (Lipinski definition) is 5. The fourth-order valence-corrected chi connectivity index (χ4v) is 7.72. The van der Waals surface area contributed by atoms with E-state index < -0.39 is 0 Å². The van der Waals surface area contributed by atoms with E-state index in [-0.39, 0.29) is 12.5 Å². The van der Waals surface area contributed by atoms with Crippen molar-refractivity contribution in [1.29, 1.82) is 0 Å². The van der Waals surface area contributed by atoms with Gasteiger partial charge in [-0.2, -0.15) is 0 Å². The molecule has 1 aliphatic heterocycles. The van der Waals surface area contributed by atoms with Gasteiger partial charge in [-0.1, -0.05) is 194 Å². The van der Waals surface area contributed by atoms with E-state index >= 15 is 0 Å². The number of fused-ring (bicyclic) bond motifs is 1. The normalized spacial score (nSPS) is 16.9. The van der Waals surface area contributed by atoms with Gasteiger partial charge in [0.15, 0.2) is 24.0 Å². The Hall–Kier alpha value is -1.30. The fraction of sp³-hybridized carbons (Fsp3) is 0.870. The van der Waals surface area contributed by atoms with Crippen LogP contribution in [0, 0.1) is 0 Å². The molecule has 5 heteroatoms. The van der Waals surface area contributed by atoms with E-state index in [1.165, 1.54) is 167 Å². The highest BCUT2D eigenvalue weighted by Gasteiger charge is 2.25. The second-order valence-corrected chi connectivity index (χ2v) is 15.5. The molecule has 0 fully saturated rings. The molecule has 0 amide bonds. The van der Waals surface area contributed by atoms with Gasteiger partial charge in [-0.3, -0.25) is 9.80 Å². The van der Waals surface area contributed by atoms with Crippen molar-refractivity contribution in [3.63, 3.8) is 0 Å². The maximum atomic E-state index is 6.79. The summed E-state index contributed by atoms with van der Waals surface area (Å²) < 4.78 is 19.8. The van der Waals surface area contributed by atoms with Crippen LogP contribution in [0.5, 0.6) is 11.5 Å². The van der Waals surface area contributed by atoms with Gasteiger partial charge < -0.3 is 14.2 Å². The maximum Gasteiger partial charge on any atom is 0.163 e. The molecule has 0 bridgehead atoms. The lowest BCUT2D eigenvalue weighted by atomic mass is 10.0. The molecule has 1 heterocycles. The van der Waals surface area contributed by atoms with Crippen molar-refractivity contribution in [3.8, 4) is 11.5 Å². The highest BCUT2D eigenvalue weighted by atomic mass is 16.6. The molecule has 0 saturated heterocycles. The van der Waals surface area contributed by atoms with Crippen LogP contribution in [0.1, 0.15) is 207 Å². The SMILES string of the molecule is CCCCCCCCCCCCCCCN(CC)C1CCOCCC(N(CC)CCCCCCCCCCCCCCC)Oc2ccccc2O1. The summed E-state index contributed by atoms with van der Waals surface area (Å²) in [5.41, 5.74) is 0. The highest BCUT2D eigenvalue weighted by molar-refractivity contribution is 5.39. The quantitative estimate of drug-likeness (QED) is 0.0694. The summed E-state index contributed by atoms with van der Waals surface area (Å²) in [4.78, 5) is 5.03. The summed E-state index contributed by atoms with van der Waals surface area (Å²) in [6.07, 6.45) is 37.8. The number of rotatable bonds is 32. The Morgan fingerprint density at radius 3 is 1.02 bits per heavy atom. The summed E-state index contributed by atoms with van der Waals surface area (Å²) in [7, 11) is 0. The molecule has 0 spiro atoms. The topological polar surface area (TPSA) is 34.2 Å². The average Bonchev–Trinajstić information content (AvgIpc) is 3.19. The molecule has 0 radical (unpaired) electrons. The largest absolute Gasteiger partial charge is 0.471 e. The number of unbranched alkanes of at least 4 members (excludes halogenated alkanes) is 24. The van der Waals surface area contributed by atoms with Gasteiger partial charge in [0.2, 0.25) is 0 Å². The van der Waals surface area contributed by atoms with E-state index in [1.54, 1.807) is 0 Å². The van der Waals surface area contributed by atoms with Crippen molar-refractivity contribution in [1.82, 2.24) is 9.80 Å². The molecule has 2 rings (SSSR count). The van der Waals surface area contributed by atoms with Crippen LogP contribution in [0.2, 0.25) is 0 Å². The third-order valence-electron chi connectivity index (χ3n) is 11.1. The molecular formula is C46H86N2O3. The van der Waals surface area contributed by atoms with E-state index in [4.69, 9.17) is 14.2 Å². The smallest absolute Gasteiger partial charge is 0.163 e. The van der Waals surface area contributed by atoms with Crippen LogP contribution in [0.4, 0.5) is 0 Å². The first-order valence-electron chi connectivity index (χ1n) is 22.7. The summed E-state index contributed by atoms with van der Waals surface area (Å²) in [5, 5.41) is 0. The first-order chi connectivity index (χ1) is 25.2. The van der Waals surface area contributed by atoms with Gasteiger partial charge in [0, 0.05) is 25.9 Å². The molecule has 1 aliphatic rings.